The smallest absolute Gasteiger partial charge is 0.167 e. The summed E-state index contributed by atoms with van der Waals surface area (Å²) in [6.07, 6.45) is 5.04. The van der Waals surface area contributed by atoms with Crippen molar-refractivity contribution in [1.82, 2.24) is 24.8 Å². The second-order valence-electron chi connectivity index (χ2n) is 8.08. The molecule has 4 N–H and O–H groups in total. The van der Waals surface area contributed by atoms with Crippen molar-refractivity contribution in [3.8, 4) is 0 Å². The van der Waals surface area contributed by atoms with Crippen molar-refractivity contribution in [2.75, 3.05) is 18.9 Å². The second kappa shape index (κ2) is 6.66. The number of aliphatic hydroxyl groups excluding tert-OH is 2. The Hall–Kier alpha value is -1.81. The van der Waals surface area contributed by atoms with Crippen LogP contribution in [0.25, 0.3) is 11.2 Å². The molecule has 1 saturated heterocycles. The lowest BCUT2D eigenvalue weighted by atomic mass is 9.95. The lowest BCUT2D eigenvalue weighted by Crippen LogP contribution is -2.36. The highest BCUT2D eigenvalue weighted by Crippen LogP contribution is 2.45. The predicted molar refractivity (Wildman–Crippen MR) is 98.0 cm³/mol. The molecule has 9 nitrogen and oxygen atoms in total. The van der Waals surface area contributed by atoms with Gasteiger partial charge in [-0.1, -0.05) is 6.42 Å². The standard InChI is InChI=1S/C18H26N6O3/c1-19-6-12-14(25)15(26)18(27-12)24-8-22-13-16(20-7-21-17(13)24)23-11-5-9-2-3-10(11)4-9/h7-12,14-15,18-19,25-26H,2-6H2,1H3,(H,20,21,23)/t9-,10-,11-,12+,14+,15+,18+/m0/s1. The number of rotatable bonds is 5. The molecular weight excluding hydrogens is 348 g/mol. The third-order valence-corrected chi connectivity index (χ3v) is 6.44. The molecule has 7 atom stereocenters. The van der Waals surface area contributed by atoms with Gasteiger partial charge in [-0.05, 0) is 38.1 Å². The van der Waals surface area contributed by atoms with Crippen LogP contribution in [0.5, 0.6) is 0 Å². The summed E-state index contributed by atoms with van der Waals surface area (Å²) < 4.78 is 7.56. The van der Waals surface area contributed by atoms with E-state index in [-0.39, 0.29) is 0 Å². The molecule has 5 rings (SSSR count). The molecule has 9 heteroatoms. The minimum atomic E-state index is -1.04. The highest BCUT2D eigenvalue weighted by atomic mass is 16.6. The van der Waals surface area contributed by atoms with Crippen LogP contribution in [0.1, 0.15) is 31.9 Å². The molecule has 2 aliphatic carbocycles. The predicted octanol–water partition coefficient (Wildman–Crippen LogP) is 0.265. The minimum Gasteiger partial charge on any atom is -0.387 e. The van der Waals surface area contributed by atoms with E-state index in [2.05, 4.69) is 25.6 Å². The molecule has 2 aromatic rings. The van der Waals surface area contributed by atoms with E-state index in [1.54, 1.807) is 17.9 Å². The Morgan fingerprint density at radius 2 is 2.07 bits per heavy atom. The summed E-state index contributed by atoms with van der Waals surface area (Å²) in [4.78, 5) is 13.3. The molecule has 2 bridgehead atoms. The highest BCUT2D eigenvalue weighted by Gasteiger charge is 2.44. The van der Waals surface area contributed by atoms with Crippen LogP contribution in [-0.4, -0.2) is 67.7 Å². The van der Waals surface area contributed by atoms with Crippen LogP contribution in [0, 0.1) is 11.8 Å². The van der Waals surface area contributed by atoms with Crippen LogP contribution in [0.2, 0.25) is 0 Å². The second-order valence-corrected chi connectivity index (χ2v) is 8.08. The Kier molecular flexibility index (Phi) is 4.27. The number of nitrogens with zero attached hydrogens (tertiary/aromatic N) is 4. The van der Waals surface area contributed by atoms with Crippen LogP contribution in [-0.2, 0) is 4.74 Å². The van der Waals surface area contributed by atoms with Crippen LogP contribution in [0.4, 0.5) is 5.82 Å². The van der Waals surface area contributed by atoms with Crippen molar-refractivity contribution in [2.24, 2.45) is 11.8 Å². The van der Waals surface area contributed by atoms with Gasteiger partial charge >= 0.3 is 0 Å². The van der Waals surface area contributed by atoms with Gasteiger partial charge in [0.1, 0.15) is 24.6 Å². The third kappa shape index (κ3) is 2.80. The van der Waals surface area contributed by atoms with Gasteiger partial charge in [0, 0.05) is 12.6 Å². The number of fused-ring (bicyclic) bond motifs is 3. The molecule has 1 aliphatic heterocycles. The Balaban J connectivity index is 1.42. The van der Waals surface area contributed by atoms with E-state index in [0.29, 0.717) is 23.8 Å². The van der Waals surface area contributed by atoms with E-state index in [9.17, 15) is 10.2 Å². The van der Waals surface area contributed by atoms with Gasteiger partial charge in [0.05, 0.1) is 6.33 Å². The summed E-state index contributed by atoms with van der Waals surface area (Å²) >= 11 is 0. The molecule has 3 aliphatic rings. The fourth-order valence-corrected chi connectivity index (χ4v) is 5.07. The molecule has 0 radical (unpaired) electrons. The van der Waals surface area contributed by atoms with Gasteiger partial charge in [-0.2, -0.15) is 0 Å². The molecule has 0 amide bonds. The highest BCUT2D eigenvalue weighted by molar-refractivity contribution is 5.82. The van der Waals surface area contributed by atoms with Crippen molar-refractivity contribution in [3.05, 3.63) is 12.7 Å². The molecule has 3 heterocycles. The monoisotopic (exact) mass is 374 g/mol. The average Bonchev–Trinajstić information content (AvgIpc) is 3.43. The zero-order valence-electron chi connectivity index (χ0n) is 15.3. The first-order valence-corrected chi connectivity index (χ1v) is 9.76. The molecular formula is C18H26N6O3. The molecule has 0 spiro atoms. The number of anilines is 1. The van der Waals surface area contributed by atoms with Crippen molar-refractivity contribution < 1.29 is 14.9 Å². The Labute approximate surface area is 157 Å². The number of imidazole rings is 1. The summed E-state index contributed by atoms with van der Waals surface area (Å²) in [6, 6.07) is 0.446. The van der Waals surface area contributed by atoms with Crippen molar-refractivity contribution in [3.63, 3.8) is 0 Å². The Morgan fingerprint density at radius 1 is 1.19 bits per heavy atom. The quantitative estimate of drug-likeness (QED) is 0.589. The van der Waals surface area contributed by atoms with Gasteiger partial charge in [0.2, 0.25) is 0 Å². The lowest BCUT2D eigenvalue weighted by Gasteiger charge is -2.23. The summed E-state index contributed by atoms with van der Waals surface area (Å²) in [5, 5.41) is 27.2. The van der Waals surface area contributed by atoms with Crippen LogP contribution < -0.4 is 10.6 Å². The molecule has 2 saturated carbocycles. The van der Waals surface area contributed by atoms with Crippen molar-refractivity contribution in [1.29, 1.82) is 0 Å². The summed E-state index contributed by atoms with van der Waals surface area (Å²) in [7, 11) is 1.78. The normalized spacial score (nSPS) is 38.1. The largest absolute Gasteiger partial charge is 0.387 e. The van der Waals surface area contributed by atoms with E-state index >= 15 is 0 Å². The first-order valence-electron chi connectivity index (χ1n) is 9.76. The van der Waals surface area contributed by atoms with Crippen molar-refractivity contribution in [2.45, 2.75) is 56.3 Å². The number of likely N-dealkylation sites (N-methyl/N-ethyl adjacent to an activating group) is 1. The van der Waals surface area contributed by atoms with E-state index in [1.807, 2.05) is 0 Å². The molecule has 3 fully saturated rings. The number of hydrogen-bond acceptors (Lipinski definition) is 8. The number of ether oxygens (including phenoxy) is 1. The van der Waals surface area contributed by atoms with Gasteiger partial charge < -0.3 is 25.6 Å². The zero-order valence-corrected chi connectivity index (χ0v) is 15.3. The first-order chi connectivity index (χ1) is 13.2. The Bertz CT molecular complexity index is 829. The van der Waals surface area contributed by atoms with Crippen molar-refractivity contribution >= 4 is 17.0 Å². The van der Waals surface area contributed by atoms with Gasteiger partial charge in [-0.3, -0.25) is 4.57 Å². The fourth-order valence-electron chi connectivity index (χ4n) is 5.07. The van der Waals surface area contributed by atoms with Crippen LogP contribution in [0.3, 0.4) is 0 Å². The lowest BCUT2D eigenvalue weighted by molar-refractivity contribution is -0.0337. The van der Waals surface area contributed by atoms with Gasteiger partial charge in [-0.25, -0.2) is 15.0 Å². The van der Waals surface area contributed by atoms with Crippen LogP contribution in [0.15, 0.2) is 12.7 Å². The summed E-state index contributed by atoms with van der Waals surface area (Å²) in [6.45, 7) is 0.452. The van der Waals surface area contributed by atoms with Gasteiger partial charge in [-0.15, -0.1) is 0 Å². The maximum Gasteiger partial charge on any atom is 0.167 e. The molecule has 146 valence electrons. The van der Waals surface area contributed by atoms with E-state index in [1.165, 1.54) is 32.0 Å². The van der Waals surface area contributed by atoms with E-state index in [0.717, 1.165) is 17.7 Å². The topological polar surface area (TPSA) is 117 Å². The number of aromatic nitrogens is 4. The third-order valence-electron chi connectivity index (χ3n) is 6.44. The molecule has 27 heavy (non-hydrogen) atoms. The minimum absolute atomic E-state index is 0.446. The maximum atomic E-state index is 10.4. The average molecular weight is 374 g/mol. The zero-order chi connectivity index (χ0) is 18.5. The summed E-state index contributed by atoms with van der Waals surface area (Å²) in [5.74, 6) is 2.30. The van der Waals surface area contributed by atoms with Crippen LogP contribution >= 0.6 is 0 Å². The number of hydrogen-bond donors (Lipinski definition) is 4. The maximum absolute atomic E-state index is 10.4. The van der Waals surface area contributed by atoms with Gasteiger partial charge in [0.15, 0.2) is 23.2 Å². The number of aliphatic hydroxyl groups is 2. The van der Waals surface area contributed by atoms with Gasteiger partial charge in [0.25, 0.3) is 0 Å². The Morgan fingerprint density at radius 3 is 2.81 bits per heavy atom. The SMILES string of the molecule is CNC[C@H]1O[C@@H](n2cnc3c(N[C@H]4C[C@H]5CC[C@H]4C5)ncnc32)[C@H](O)[C@@H]1O. The first kappa shape index (κ1) is 17.3. The molecule has 2 aromatic heterocycles. The summed E-state index contributed by atoms with van der Waals surface area (Å²) in [5.41, 5.74) is 1.26. The van der Waals surface area contributed by atoms with E-state index in [4.69, 9.17) is 4.74 Å². The molecule has 0 aromatic carbocycles. The molecule has 0 unspecified atom stereocenters. The fraction of sp³-hybridized carbons (Fsp3) is 0.722. The number of nitrogens with one attached hydrogen (secondary N) is 2. The van der Waals surface area contributed by atoms with E-state index < -0.39 is 24.5 Å².